The first-order valence-corrected chi connectivity index (χ1v) is 4.03. The van der Waals surface area contributed by atoms with Crippen LogP contribution in [0.5, 0.6) is 0 Å². The number of ketones is 1. The van der Waals surface area contributed by atoms with Crippen LogP contribution in [0.4, 0.5) is 0 Å². The molecule has 0 aliphatic heterocycles. The number of nitrogens with two attached hydrogens (primary N) is 1. The summed E-state index contributed by atoms with van der Waals surface area (Å²) in [7, 11) is 1.58. The molecule has 0 aliphatic carbocycles. The maximum atomic E-state index is 11.5. The van der Waals surface area contributed by atoms with E-state index in [9.17, 15) is 4.79 Å². The van der Waals surface area contributed by atoms with E-state index in [0.29, 0.717) is 11.4 Å². The van der Waals surface area contributed by atoms with Gasteiger partial charge in [-0.15, -0.1) is 0 Å². The molecule has 0 fully saturated rings. The molecule has 0 saturated carbocycles. The first-order chi connectivity index (χ1) is 6.24. The molecule has 0 spiro atoms. The summed E-state index contributed by atoms with van der Waals surface area (Å²) in [5.74, 6) is 0.373. The number of amidine groups is 1. The van der Waals surface area contributed by atoms with E-state index in [1.165, 1.54) is 0 Å². The van der Waals surface area contributed by atoms with Crippen LogP contribution in [0.1, 0.15) is 16.8 Å². The second-order valence-electron chi connectivity index (χ2n) is 2.68. The van der Waals surface area contributed by atoms with Crippen molar-refractivity contribution in [2.75, 3.05) is 7.05 Å². The molecule has 13 heavy (non-hydrogen) atoms. The minimum atomic E-state index is 0.00343. The van der Waals surface area contributed by atoms with E-state index in [4.69, 9.17) is 5.73 Å². The van der Waals surface area contributed by atoms with Crippen LogP contribution in [0.25, 0.3) is 0 Å². The van der Waals surface area contributed by atoms with E-state index >= 15 is 0 Å². The highest BCUT2D eigenvalue weighted by Crippen LogP contribution is 2.02. The van der Waals surface area contributed by atoms with Crippen molar-refractivity contribution in [3.8, 4) is 0 Å². The topological polar surface area (TPSA) is 55.4 Å². The summed E-state index contributed by atoms with van der Waals surface area (Å²) < 4.78 is 0. The molecule has 0 atom stereocenters. The first-order valence-electron chi connectivity index (χ1n) is 4.03. The largest absolute Gasteiger partial charge is 0.387 e. The number of nitrogens with zero attached hydrogens (tertiary/aromatic N) is 1. The Morgan fingerprint density at radius 1 is 1.38 bits per heavy atom. The van der Waals surface area contributed by atoms with Crippen LogP contribution in [0, 0.1) is 0 Å². The Morgan fingerprint density at radius 3 is 2.54 bits per heavy atom. The average molecular weight is 176 g/mol. The van der Waals surface area contributed by atoms with Crippen LogP contribution in [-0.2, 0) is 0 Å². The van der Waals surface area contributed by atoms with Gasteiger partial charge in [0.05, 0.1) is 6.42 Å². The van der Waals surface area contributed by atoms with Gasteiger partial charge in [-0.1, -0.05) is 30.3 Å². The molecule has 2 N–H and O–H groups in total. The molecule has 0 unspecified atom stereocenters. The lowest BCUT2D eigenvalue weighted by atomic mass is 10.1. The standard InChI is InChI=1S/C10H12N2O/c1-12-10(11)7-9(13)8-5-3-2-4-6-8/h2-6H,7H2,1H3,(H2,11,12). The zero-order valence-electron chi connectivity index (χ0n) is 7.53. The van der Waals surface area contributed by atoms with Crippen molar-refractivity contribution < 1.29 is 4.79 Å². The van der Waals surface area contributed by atoms with E-state index in [1.54, 1.807) is 19.2 Å². The van der Waals surface area contributed by atoms with Crippen molar-refractivity contribution >= 4 is 11.6 Å². The number of rotatable bonds is 3. The third-order valence-electron chi connectivity index (χ3n) is 1.72. The second-order valence-corrected chi connectivity index (χ2v) is 2.68. The fraction of sp³-hybridized carbons (Fsp3) is 0.200. The lowest BCUT2D eigenvalue weighted by molar-refractivity contribution is 0.100. The molecule has 1 rings (SSSR count). The van der Waals surface area contributed by atoms with Gasteiger partial charge in [-0.05, 0) is 0 Å². The van der Waals surface area contributed by atoms with Gasteiger partial charge in [0.1, 0.15) is 5.84 Å². The van der Waals surface area contributed by atoms with Crippen LogP contribution >= 0.6 is 0 Å². The number of Topliss-reactive ketones (excluding diaryl/α,β-unsaturated/α-hetero) is 1. The summed E-state index contributed by atoms with van der Waals surface area (Å²) in [5, 5.41) is 0. The van der Waals surface area contributed by atoms with Crippen molar-refractivity contribution in [1.29, 1.82) is 0 Å². The zero-order chi connectivity index (χ0) is 9.68. The molecule has 0 saturated heterocycles. The van der Waals surface area contributed by atoms with Crippen LogP contribution in [-0.4, -0.2) is 18.7 Å². The van der Waals surface area contributed by atoms with E-state index in [-0.39, 0.29) is 12.2 Å². The quantitative estimate of drug-likeness (QED) is 0.428. The van der Waals surface area contributed by atoms with Crippen molar-refractivity contribution in [3.05, 3.63) is 35.9 Å². The van der Waals surface area contributed by atoms with Gasteiger partial charge in [0.15, 0.2) is 5.78 Å². The van der Waals surface area contributed by atoms with Gasteiger partial charge in [0, 0.05) is 12.6 Å². The zero-order valence-corrected chi connectivity index (χ0v) is 7.53. The lowest BCUT2D eigenvalue weighted by Gasteiger charge is -1.99. The average Bonchev–Trinajstić information content (AvgIpc) is 2.19. The molecule has 1 aromatic carbocycles. The van der Waals surface area contributed by atoms with Crippen molar-refractivity contribution in [2.45, 2.75) is 6.42 Å². The summed E-state index contributed by atoms with van der Waals surface area (Å²) in [4.78, 5) is 15.2. The summed E-state index contributed by atoms with van der Waals surface area (Å²) in [6, 6.07) is 9.06. The summed E-state index contributed by atoms with van der Waals surface area (Å²) in [5.41, 5.74) is 6.12. The van der Waals surface area contributed by atoms with Gasteiger partial charge in [-0.3, -0.25) is 9.79 Å². The number of aliphatic imine (C=N–C) groups is 1. The summed E-state index contributed by atoms with van der Waals surface area (Å²) >= 11 is 0. The Bertz CT molecular complexity index is 317. The molecule has 0 amide bonds. The van der Waals surface area contributed by atoms with Crippen LogP contribution in [0.15, 0.2) is 35.3 Å². The molecule has 3 heteroatoms. The van der Waals surface area contributed by atoms with Gasteiger partial charge in [0.25, 0.3) is 0 Å². The fourth-order valence-electron chi connectivity index (χ4n) is 0.970. The number of hydrogen-bond acceptors (Lipinski definition) is 2. The Balaban J connectivity index is 2.70. The monoisotopic (exact) mass is 176 g/mol. The minimum absolute atomic E-state index is 0.00343. The number of carbonyl (C=O) groups excluding carboxylic acids is 1. The molecule has 0 heterocycles. The van der Waals surface area contributed by atoms with Gasteiger partial charge >= 0.3 is 0 Å². The van der Waals surface area contributed by atoms with Gasteiger partial charge in [-0.2, -0.15) is 0 Å². The first kappa shape index (κ1) is 9.45. The molecular weight excluding hydrogens is 164 g/mol. The minimum Gasteiger partial charge on any atom is -0.387 e. The van der Waals surface area contributed by atoms with Crippen molar-refractivity contribution in [2.24, 2.45) is 10.7 Å². The summed E-state index contributed by atoms with van der Waals surface area (Å²) in [6.07, 6.45) is 0.195. The van der Waals surface area contributed by atoms with Crippen molar-refractivity contribution in [1.82, 2.24) is 0 Å². The SMILES string of the molecule is CN=C(N)CC(=O)c1ccccc1. The fourth-order valence-corrected chi connectivity index (χ4v) is 0.970. The van der Waals surface area contributed by atoms with Crippen molar-refractivity contribution in [3.63, 3.8) is 0 Å². The lowest BCUT2D eigenvalue weighted by Crippen LogP contribution is -2.16. The predicted molar refractivity (Wildman–Crippen MR) is 52.9 cm³/mol. The Hall–Kier alpha value is -1.64. The molecule has 0 bridgehead atoms. The number of carbonyl (C=O) groups is 1. The maximum absolute atomic E-state index is 11.5. The van der Waals surface area contributed by atoms with E-state index in [0.717, 1.165) is 0 Å². The number of hydrogen-bond donors (Lipinski definition) is 1. The van der Waals surface area contributed by atoms with Gasteiger partial charge in [0.2, 0.25) is 0 Å². The molecule has 0 aliphatic rings. The predicted octanol–water partition coefficient (Wildman–Crippen LogP) is 1.25. The Labute approximate surface area is 77.3 Å². The van der Waals surface area contributed by atoms with Crippen LogP contribution in [0.3, 0.4) is 0 Å². The normalized spacial score (nSPS) is 11.3. The molecule has 0 aromatic heterocycles. The third-order valence-corrected chi connectivity index (χ3v) is 1.72. The molecule has 3 nitrogen and oxygen atoms in total. The van der Waals surface area contributed by atoms with E-state index < -0.39 is 0 Å². The number of benzene rings is 1. The highest BCUT2D eigenvalue weighted by atomic mass is 16.1. The van der Waals surface area contributed by atoms with Gasteiger partial charge in [-0.25, -0.2) is 0 Å². The smallest absolute Gasteiger partial charge is 0.170 e. The highest BCUT2D eigenvalue weighted by molar-refractivity contribution is 6.08. The maximum Gasteiger partial charge on any atom is 0.170 e. The second kappa shape index (κ2) is 4.40. The Kier molecular flexibility index (Phi) is 3.20. The molecule has 68 valence electrons. The summed E-state index contributed by atoms with van der Waals surface area (Å²) in [6.45, 7) is 0. The van der Waals surface area contributed by atoms with E-state index in [1.807, 2.05) is 18.2 Å². The van der Waals surface area contributed by atoms with Crippen LogP contribution < -0.4 is 5.73 Å². The highest BCUT2D eigenvalue weighted by Gasteiger charge is 2.05. The third kappa shape index (κ3) is 2.71. The molecule has 1 aromatic rings. The van der Waals surface area contributed by atoms with Gasteiger partial charge < -0.3 is 5.73 Å². The molecular formula is C10H12N2O. The molecule has 0 radical (unpaired) electrons. The Morgan fingerprint density at radius 2 is 2.00 bits per heavy atom. The van der Waals surface area contributed by atoms with E-state index in [2.05, 4.69) is 4.99 Å². The van der Waals surface area contributed by atoms with Crippen LogP contribution in [0.2, 0.25) is 0 Å².